The lowest BCUT2D eigenvalue weighted by Gasteiger charge is -2.11. The Bertz CT molecular complexity index is 795. The van der Waals surface area contributed by atoms with Crippen LogP contribution in [0.15, 0.2) is 41.5 Å². The number of benzene rings is 1. The van der Waals surface area contributed by atoms with E-state index in [2.05, 4.69) is 15.6 Å². The zero-order valence-electron chi connectivity index (χ0n) is 14.9. The third-order valence-corrected chi connectivity index (χ3v) is 4.66. The molecule has 1 aliphatic carbocycles. The Hall–Kier alpha value is -2.83. The lowest BCUT2D eigenvalue weighted by Crippen LogP contribution is -2.33. The Morgan fingerprint density at radius 2 is 2.00 bits per heavy atom. The highest BCUT2D eigenvalue weighted by molar-refractivity contribution is 5.89. The summed E-state index contributed by atoms with van der Waals surface area (Å²) in [5, 5.41) is 5.47. The van der Waals surface area contributed by atoms with Gasteiger partial charge in [0.15, 0.2) is 0 Å². The minimum atomic E-state index is -0.321. The van der Waals surface area contributed by atoms with Crippen LogP contribution < -0.4 is 20.9 Å². The van der Waals surface area contributed by atoms with Crippen LogP contribution in [0.2, 0.25) is 0 Å². The summed E-state index contributed by atoms with van der Waals surface area (Å²) >= 11 is 0. The van der Waals surface area contributed by atoms with Crippen molar-refractivity contribution in [2.24, 2.45) is 0 Å². The lowest BCUT2D eigenvalue weighted by atomic mass is 10.0. The highest BCUT2D eigenvalue weighted by atomic mass is 16.5. The Labute approximate surface area is 152 Å². The van der Waals surface area contributed by atoms with E-state index in [4.69, 9.17) is 4.74 Å². The summed E-state index contributed by atoms with van der Waals surface area (Å²) in [7, 11) is 1.59. The first-order valence-electron chi connectivity index (χ1n) is 8.91. The molecule has 2 aromatic rings. The third-order valence-electron chi connectivity index (χ3n) is 4.66. The number of urea groups is 1. The molecule has 0 aliphatic heterocycles. The monoisotopic (exact) mass is 356 g/mol. The fourth-order valence-corrected chi connectivity index (χ4v) is 3.19. The molecule has 1 aromatic carbocycles. The van der Waals surface area contributed by atoms with Gasteiger partial charge in [-0.2, -0.15) is 0 Å². The number of carbonyl (C=O) groups excluding carboxylic acids is 1. The van der Waals surface area contributed by atoms with Gasteiger partial charge >= 0.3 is 6.03 Å². The van der Waals surface area contributed by atoms with Gasteiger partial charge in [-0.15, -0.1) is 0 Å². The molecular weight excluding hydrogens is 332 g/mol. The maximum absolute atomic E-state index is 12.2. The Balaban J connectivity index is 1.47. The lowest BCUT2D eigenvalue weighted by molar-refractivity contribution is 0.251. The van der Waals surface area contributed by atoms with Gasteiger partial charge in [0.25, 0.3) is 5.56 Å². The van der Waals surface area contributed by atoms with Crippen LogP contribution in [0.5, 0.6) is 5.75 Å². The highest BCUT2D eigenvalue weighted by Gasteiger charge is 2.18. The molecule has 1 aromatic heterocycles. The maximum Gasteiger partial charge on any atom is 0.319 e. The van der Waals surface area contributed by atoms with Crippen LogP contribution in [0.3, 0.4) is 0 Å². The number of methoxy groups -OCH3 is 1. The molecule has 0 bridgehead atoms. The number of amides is 2. The molecule has 2 amide bonds. The van der Waals surface area contributed by atoms with Gasteiger partial charge in [0, 0.05) is 30.8 Å². The van der Waals surface area contributed by atoms with Crippen molar-refractivity contribution in [1.82, 2.24) is 14.9 Å². The predicted molar refractivity (Wildman–Crippen MR) is 99.7 cm³/mol. The summed E-state index contributed by atoms with van der Waals surface area (Å²) in [5.74, 6) is 1.15. The predicted octanol–water partition coefficient (Wildman–Crippen LogP) is 2.73. The molecule has 138 valence electrons. The Morgan fingerprint density at radius 1 is 1.27 bits per heavy atom. The summed E-state index contributed by atoms with van der Waals surface area (Å²) in [5.41, 5.74) is 1.50. The van der Waals surface area contributed by atoms with Crippen LogP contribution in [-0.2, 0) is 6.54 Å². The largest absolute Gasteiger partial charge is 0.497 e. The standard InChI is InChI=1S/C19H24N4O3/c1-26-16-8-6-15(7-9-16)22-19(25)20-10-11-23-13-21-17(12-18(23)24)14-4-2-3-5-14/h6-9,12-14H,2-5,10-11H2,1H3,(H2,20,22,25). The second-order valence-corrected chi connectivity index (χ2v) is 6.44. The van der Waals surface area contributed by atoms with Crippen LogP contribution in [0.25, 0.3) is 0 Å². The van der Waals surface area contributed by atoms with Crippen molar-refractivity contribution in [2.75, 3.05) is 19.0 Å². The highest BCUT2D eigenvalue weighted by Crippen LogP contribution is 2.32. The van der Waals surface area contributed by atoms with Crippen molar-refractivity contribution < 1.29 is 9.53 Å². The quantitative estimate of drug-likeness (QED) is 0.833. The van der Waals surface area contributed by atoms with Crippen LogP contribution in [0.4, 0.5) is 10.5 Å². The van der Waals surface area contributed by atoms with Crippen molar-refractivity contribution in [3.63, 3.8) is 0 Å². The molecule has 0 unspecified atom stereocenters. The van der Waals surface area contributed by atoms with Crippen molar-refractivity contribution >= 4 is 11.7 Å². The molecule has 3 rings (SSSR count). The Kier molecular flexibility index (Phi) is 5.88. The van der Waals surface area contributed by atoms with E-state index in [0.29, 0.717) is 24.7 Å². The zero-order valence-corrected chi connectivity index (χ0v) is 14.9. The van der Waals surface area contributed by atoms with E-state index in [0.717, 1.165) is 24.3 Å². The summed E-state index contributed by atoms with van der Waals surface area (Å²) in [4.78, 5) is 28.5. The molecule has 2 N–H and O–H groups in total. The van der Waals surface area contributed by atoms with Gasteiger partial charge in [-0.05, 0) is 37.1 Å². The Morgan fingerprint density at radius 3 is 2.65 bits per heavy atom. The van der Waals surface area contributed by atoms with Crippen molar-refractivity contribution in [3.05, 3.63) is 52.7 Å². The number of carbonyl (C=O) groups is 1. The summed E-state index contributed by atoms with van der Waals surface area (Å²) in [6.07, 6.45) is 6.23. The fourth-order valence-electron chi connectivity index (χ4n) is 3.19. The van der Waals surface area contributed by atoms with Gasteiger partial charge in [0.1, 0.15) is 5.75 Å². The second-order valence-electron chi connectivity index (χ2n) is 6.44. The van der Waals surface area contributed by atoms with E-state index in [9.17, 15) is 9.59 Å². The third kappa shape index (κ3) is 4.62. The number of rotatable bonds is 6. The molecule has 1 saturated carbocycles. The molecule has 1 aliphatic rings. The second kappa shape index (κ2) is 8.51. The molecule has 1 heterocycles. The molecule has 7 nitrogen and oxygen atoms in total. The van der Waals surface area contributed by atoms with Crippen molar-refractivity contribution in [2.45, 2.75) is 38.1 Å². The summed E-state index contributed by atoms with van der Waals surface area (Å²) in [6.45, 7) is 0.721. The van der Waals surface area contributed by atoms with Gasteiger partial charge in [0.05, 0.1) is 19.1 Å². The topological polar surface area (TPSA) is 85.2 Å². The molecule has 0 spiro atoms. The molecule has 7 heteroatoms. The first-order valence-corrected chi connectivity index (χ1v) is 8.91. The SMILES string of the molecule is COc1ccc(NC(=O)NCCn2cnc(C3CCCC3)cc2=O)cc1. The molecule has 0 saturated heterocycles. The number of nitrogens with one attached hydrogen (secondary N) is 2. The van der Waals surface area contributed by atoms with Gasteiger partial charge in [-0.1, -0.05) is 12.8 Å². The minimum Gasteiger partial charge on any atom is -0.497 e. The number of anilines is 1. The molecule has 0 atom stereocenters. The van der Waals surface area contributed by atoms with E-state index in [-0.39, 0.29) is 11.6 Å². The van der Waals surface area contributed by atoms with E-state index < -0.39 is 0 Å². The van der Waals surface area contributed by atoms with Crippen molar-refractivity contribution in [3.8, 4) is 5.75 Å². The van der Waals surface area contributed by atoms with Gasteiger partial charge in [-0.3, -0.25) is 9.36 Å². The van der Waals surface area contributed by atoms with Crippen molar-refractivity contribution in [1.29, 1.82) is 0 Å². The molecule has 26 heavy (non-hydrogen) atoms. The van der Waals surface area contributed by atoms with Gasteiger partial charge < -0.3 is 15.4 Å². The molecule has 1 fully saturated rings. The van der Waals surface area contributed by atoms with E-state index in [1.165, 1.54) is 17.4 Å². The number of aromatic nitrogens is 2. The minimum absolute atomic E-state index is 0.0701. The number of ether oxygens (including phenoxy) is 1. The maximum atomic E-state index is 12.2. The molecule has 0 radical (unpaired) electrons. The average molecular weight is 356 g/mol. The van der Waals surface area contributed by atoms with E-state index in [1.54, 1.807) is 43.8 Å². The summed E-state index contributed by atoms with van der Waals surface area (Å²) < 4.78 is 6.59. The number of hydrogen-bond acceptors (Lipinski definition) is 4. The number of hydrogen-bond donors (Lipinski definition) is 2. The van der Waals surface area contributed by atoms with Crippen LogP contribution >= 0.6 is 0 Å². The van der Waals surface area contributed by atoms with Gasteiger partial charge in [-0.25, -0.2) is 9.78 Å². The van der Waals surface area contributed by atoms with Crippen LogP contribution in [0.1, 0.15) is 37.3 Å². The van der Waals surface area contributed by atoms with E-state index >= 15 is 0 Å². The first kappa shape index (κ1) is 18.0. The van der Waals surface area contributed by atoms with Crippen LogP contribution in [-0.4, -0.2) is 29.2 Å². The normalized spacial score (nSPS) is 14.2. The van der Waals surface area contributed by atoms with E-state index in [1.807, 2.05) is 0 Å². The zero-order chi connectivity index (χ0) is 18.4. The first-order chi connectivity index (χ1) is 12.7. The molecular formula is C19H24N4O3. The van der Waals surface area contributed by atoms with Gasteiger partial charge in [0.2, 0.25) is 0 Å². The summed E-state index contributed by atoms with van der Waals surface area (Å²) in [6, 6.07) is 8.37. The van der Waals surface area contributed by atoms with Crippen LogP contribution in [0, 0.1) is 0 Å². The fraction of sp³-hybridized carbons (Fsp3) is 0.421. The smallest absolute Gasteiger partial charge is 0.319 e. The number of nitrogens with zero attached hydrogens (tertiary/aromatic N) is 2. The average Bonchev–Trinajstić information content (AvgIpc) is 3.18.